The molecule has 0 saturated carbocycles. The van der Waals surface area contributed by atoms with Gasteiger partial charge in [0.15, 0.2) is 16.5 Å². The van der Waals surface area contributed by atoms with Gasteiger partial charge in [-0.05, 0) is 13.8 Å². The van der Waals surface area contributed by atoms with Crippen LogP contribution in [0, 0.1) is 0 Å². The first kappa shape index (κ1) is 18.6. The molecule has 13 heteroatoms. The topological polar surface area (TPSA) is 159 Å². The molecule has 1 fully saturated rings. The first-order chi connectivity index (χ1) is 12.9. The highest BCUT2D eigenvalue weighted by Gasteiger charge is 2.73. The molecular formula is C14H15ClN6O6. The molecule has 1 saturated heterocycles. The number of hydrogen-bond donors (Lipinski definition) is 3. The van der Waals surface area contributed by atoms with Crippen molar-refractivity contribution >= 4 is 46.6 Å². The summed E-state index contributed by atoms with van der Waals surface area (Å²) in [5.74, 6) is -3.17. The van der Waals surface area contributed by atoms with Crippen molar-refractivity contribution in [1.29, 1.82) is 0 Å². The van der Waals surface area contributed by atoms with Gasteiger partial charge in [-0.25, -0.2) is 19.6 Å². The lowest BCUT2D eigenvalue weighted by Gasteiger charge is -2.49. The molecule has 12 nitrogen and oxygen atoms in total. The zero-order valence-electron chi connectivity index (χ0n) is 14.2. The van der Waals surface area contributed by atoms with E-state index < -0.39 is 34.3 Å². The summed E-state index contributed by atoms with van der Waals surface area (Å²) in [6.45, 7) is 2.95. The first-order valence-corrected chi connectivity index (χ1v) is 8.34. The van der Waals surface area contributed by atoms with Crippen LogP contribution in [-0.4, -0.2) is 66.9 Å². The number of rotatable bonds is 6. The van der Waals surface area contributed by atoms with Crippen LogP contribution >= 0.6 is 11.6 Å². The molecule has 27 heavy (non-hydrogen) atoms. The summed E-state index contributed by atoms with van der Waals surface area (Å²) in [5, 5.41) is -0.916. The minimum Gasteiger partial charge on any atom is -0.464 e. The van der Waals surface area contributed by atoms with Crippen molar-refractivity contribution in [2.45, 2.75) is 24.8 Å². The number of carbonyl (C=O) groups excluding carboxylic acids is 3. The molecule has 144 valence electrons. The van der Waals surface area contributed by atoms with Gasteiger partial charge in [0, 0.05) is 0 Å². The van der Waals surface area contributed by atoms with Crippen molar-refractivity contribution in [3.05, 3.63) is 16.7 Å². The van der Waals surface area contributed by atoms with E-state index in [1.54, 1.807) is 0 Å². The van der Waals surface area contributed by atoms with E-state index in [1.807, 2.05) is 0 Å². The maximum Gasteiger partial charge on any atom is 0.348 e. The number of aromatic nitrogens is 4. The van der Waals surface area contributed by atoms with Gasteiger partial charge < -0.3 is 14.5 Å². The summed E-state index contributed by atoms with van der Waals surface area (Å²) >= 11 is 6.01. The SMILES string of the molecule is CCOC(=O)C1(C(=O)OCC)C(Cl)C(=O)N1Nc1nc2nc[nH]c2c(=O)[nH]1. The zero-order valence-corrected chi connectivity index (χ0v) is 15.0. The number of amides is 1. The number of alkyl halides is 1. The molecular weight excluding hydrogens is 384 g/mol. The number of anilines is 1. The monoisotopic (exact) mass is 398 g/mol. The third-order valence-electron chi connectivity index (χ3n) is 3.84. The highest BCUT2D eigenvalue weighted by atomic mass is 35.5. The largest absolute Gasteiger partial charge is 0.464 e. The van der Waals surface area contributed by atoms with Gasteiger partial charge in [-0.2, -0.15) is 4.98 Å². The lowest BCUT2D eigenvalue weighted by molar-refractivity contribution is -0.189. The second kappa shape index (κ2) is 6.87. The summed E-state index contributed by atoms with van der Waals surface area (Å²) in [5.41, 5.74) is -0.225. The molecule has 2 aromatic rings. The normalized spacial score (nSPS) is 18.1. The lowest BCUT2D eigenvalue weighted by atomic mass is 9.85. The number of nitrogens with zero attached hydrogens (tertiary/aromatic N) is 3. The van der Waals surface area contributed by atoms with Gasteiger partial charge in [0.1, 0.15) is 0 Å². The van der Waals surface area contributed by atoms with Crippen molar-refractivity contribution in [2.24, 2.45) is 0 Å². The number of carbonyl (C=O) groups is 3. The number of ether oxygens (including phenoxy) is 2. The number of halogens is 1. The van der Waals surface area contributed by atoms with Crippen LogP contribution in [0.5, 0.6) is 0 Å². The average Bonchev–Trinajstić information content (AvgIpc) is 3.10. The predicted octanol–water partition coefficient (Wildman–Crippen LogP) is -0.712. The van der Waals surface area contributed by atoms with E-state index in [1.165, 1.54) is 20.2 Å². The standard InChI is InChI=1S/C14H15ClN6O6/c1-3-26-11(24)14(12(25)27-4-2)7(15)10(23)21(14)20-13-18-8-6(9(22)19-13)16-5-17-8/h5,7H,3-4H2,1-2H3,(H3,16,17,18,19,20,22). The van der Waals surface area contributed by atoms with Gasteiger partial charge in [-0.3, -0.25) is 20.0 Å². The Labute approximate surface area is 156 Å². The van der Waals surface area contributed by atoms with Gasteiger partial charge in [0.2, 0.25) is 5.95 Å². The van der Waals surface area contributed by atoms with Crippen LogP contribution in [0.15, 0.2) is 11.1 Å². The molecule has 0 spiro atoms. The Morgan fingerprint density at radius 2 is 1.93 bits per heavy atom. The number of H-pyrrole nitrogens is 2. The highest BCUT2D eigenvalue weighted by molar-refractivity contribution is 6.41. The van der Waals surface area contributed by atoms with E-state index in [0.29, 0.717) is 5.01 Å². The Kier molecular flexibility index (Phi) is 4.74. The van der Waals surface area contributed by atoms with E-state index in [9.17, 15) is 19.2 Å². The van der Waals surface area contributed by atoms with Crippen molar-refractivity contribution in [3.63, 3.8) is 0 Å². The highest BCUT2D eigenvalue weighted by Crippen LogP contribution is 2.39. The molecule has 1 aliphatic rings. The van der Waals surface area contributed by atoms with Crippen LogP contribution in [0.2, 0.25) is 0 Å². The maximum atomic E-state index is 12.5. The van der Waals surface area contributed by atoms with Crippen molar-refractivity contribution in [3.8, 4) is 0 Å². The molecule has 1 aliphatic heterocycles. The minimum absolute atomic E-state index is 0.0556. The first-order valence-electron chi connectivity index (χ1n) is 7.90. The van der Waals surface area contributed by atoms with E-state index in [0.717, 1.165) is 0 Å². The van der Waals surface area contributed by atoms with Gasteiger partial charge in [0.25, 0.3) is 17.0 Å². The number of β-lactam (4-membered cyclic amide) rings is 1. The summed E-state index contributed by atoms with van der Waals surface area (Å²) in [6.07, 6.45) is 1.27. The van der Waals surface area contributed by atoms with Crippen molar-refractivity contribution in [1.82, 2.24) is 24.9 Å². The van der Waals surface area contributed by atoms with Crippen LogP contribution in [0.25, 0.3) is 11.2 Å². The summed E-state index contributed by atoms with van der Waals surface area (Å²) in [4.78, 5) is 62.1. The number of hydrazine groups is 1. The number of hydrogen-bond acceptors (Lipinski definition) is 9. The number of nitrogens with one attached hydrogen (secondary N) is 3. The number of imidazole rings is 1. The third-order valence-corrected chi connectivity index (χ3v) is 4.35. The fourth-order valence-corrected chi connectivity index (χ4v) is 2.99. The van der Waals surface area contributed by atoms with Gasteiger partial charge in [0.05, 0.1) is 19.5 Å². The lowest BCUT2D eigenvalue weighted by Crippen LogP contribution is -2.81. The molecule has 0 aromatic carbocycles. The van der Waals surface area contributed by atoms with E-state index in [2.05, 4.69) is 25.4 Å². The van der Waals surface area contributed by atoms with E-state index >= 15 is 0 Å². The molecule has 2 aromatic heterocycles. The van der Waals surface area contributed by atoms with Crippen molar-refractivity contribution < 1.29 is 23.9 Å². The molecule has 0 aliphatic carbocycles. The Bertz CT molecular complexity index is 952. The molecule has 3 rings (SSSR count). The van der Waals surface area contributed by atoms with Crippen LogP contribution in [0.1, 0.15) is 13.8 Å². The summed E-state index contributed by atoms with van der Waals surface area (Å²) < 4.78 is 9.83. The molecule has 1 amide bonds. The second-order valence-corrected chi connectivity index (χ2v) is 5.81. The quantitative estimate of drug-likeness (QED) is 0.247. The molecule has 0 radical (unpaired) electrons. The van der Waals surface area contributed by atoms with Crippen molar-refractivity contribution in [2.75, 3.05) is 18.6 Å². The van der Waals surface area contributed by atoms with E-state index in [-0.39, 0.29) is 30.3 Å². The second-order valence-electron chi connectivity index (χ2n) is 5.37. The Morgan fingerprint density at radius 1 is 1.30 bits per heavy atom. The van der Waals surface area contributed by atoms with Crippen LogP contribution in [0.3, 0.4) is 0 Å². The Balaban J connectivity index is 2.01. The smallest absolute Gasteiger partial charge is 0.348 e. The fraction of sp³-hybridized carbons (Fsp3) is 0.429. The van der Waals surface area contributed by atoms with Gasteiger partial charge in [-0.1, -0.05) is 0 Å². The van der Waals surface area contributed by atoms with E-state index in [4.69, 9.17) is 21.1 Å². The maximum absolute atomic E-state index is 12.5. The molecule has 1 atom stereocenters. The number of aromatic amines is 2. The number of esters is 2. The van der Waals surface area contributed by atoms with Crippen LogP contribution < -0.4 is 11.0 Å². The average molecular weight is 399 g/mol. The third kappa shape index (κ3) is 2.68. The predicted molar refractivity (Wildman–Crippen MR) is 90.6 cm³/mol. The fourth-order valence-electron chi connectivity index (χ4n) is 2.61. The minimum atomic E-state index is -2.26. The van der Waals surface area contributed by atoms with Crippen LogP contribution in [0.4, 0.5) is 5.95 Å². The Morgan fingerprint density at radius 3 is 2.52 bits per heavy atom. The zero-order chi connectivity index (χ0) is 19.8. The molecule has 3 N–H and O–H groups in total. The molecule has 1 unspecified atom stereocenters. The molecule has 3 heterocycles. The Hall–Kier alpha value is -3.15. The number of fused-ring (bicyclic) bond motifs is 1. The summed E-state index contributed by atoms with van der Waals surface area (Å²) in [6, 6.07) is 0. The summed E-state index contributed by atoms with van der Waals surface area (Å²) in [7, 11) is 0. The molecule has 0 bridgehead atoms. The van der Waals surface area contributed by atoms with Crippen LogP contribution in [-0.2, 0) is 23.9 Å². The van der Waals surface area contributed by atoms with Gasteiger partial charge in [-0.15, -0.1) is 11.6 Å². The van der Waals surface area contributed by atoms with Gasteiger partial charge >= 0.3 is 11.9 Å².